The van der Waals surface area contributed by atoms with Gasteiger partial charge in [0.1, 0.15) is 5.82 Å². The maximum atomic E-state index is 13.9. The molecule has 80 valence electrons. The van der Waals surface area contributed by atoms with Crippen molar-refractivity contribution in [3.05, 3.63) is 39.2 Å². The van der Waals surface area contributed by atoms with Crippen LogP contribution in [0, 0.1) is 15.9 Å². The quantitative estimate of drug-likeness (QED) is 0.481. The van der Waals surface area contributed by atoms with Gasteiger partial charge in [-0.1, -0.05) is 15.9 Å². The van der Waals surface area contributed by atoms with Crippen LogP contribution in [-0.4, -0.2) is 4.92 Å². The zero-order valence-electron chi connectivity index (χ0n) is 7.87. The molecule has 0 saturated heterocycles. The summed E-state index contributed by atoms with van der Waals surface area (Å²) in [7, 11) is 0. The Labute approximate surface area is 94.6 Å². The van der Waals surface area contributed by atoms with Crippen molar-refractivity contribution in [3.63, 3.8) is 0 Å². The van der Waals surface area contributed by atoms with Crippen LogP contribution in [0.5, 0.6) is 0 Å². The van der Waals surface area contributed by atoms with Crippen molar-refractivity contribution in [2.75, 3.05) is 0 Å². The van der Waals surface area contributed by atoms with Crippen LogP contribution in [0.1, 0.15) is 29.9 Å². The number of nitro benzene ring substituents is 1. The number of rotatable bonds is 3. The van der Waals surface area contributed by atoms with Crippen LogP contribution in [0.2, 0.25) is 0 Å². The fraction of sp³-hybridized carbons (Fsp3) is 0.400. The SMILES string of the molecule is O=[N+]([O-])c1ccc(C2CC2)c(F)c1CBr. The van der Waals surface area contributed by atoms with E-state index in [2.05, 4.69) is 15.9 Å². The first-order valence-corrected chi connectivity index (χ1v) is 5.79. The molecule has 1 aliphatic carbocycles. The highest BCUT2D eigenvalue weighted by molar-refractivity contribution is 9.08. The molecule has 0 unspecified atom stereocenters. The average Bonchev–Trinajstić information content (AvgIpc) is 3.00. The molecule has 0 N–H and O–H groups in total. The third-order valence-corrected chi connectivity index (χ3v) is 3.16. The predicted octanol–water partition coefficient (Wildman–Crippen LogP) is 3.51. The molecule has 0 atom stereocenters. The fourth-order valence-electron chi connectivity index (χ4n) is 1.64. The molecule has 1 aromatic carbocycles. The van der Waals surface area contributed by atoms with Gasteiger partial charge in [0.15, 0.2) is 0 Å². The Morgan fingerprint density at radius 2 is 2.20 bits per heavy atom. The Morgan fingerprint density at radius 1 is 1.53 bits per heavy atom. The maximum Gasteiger partial charge on any atom is 0.276 e. The van der Waals surface area contributed by atoms with Gasteiger partial charge in [-0.25, -0.2) is 4.39 Å². The molecule has 3 nitrogen and oxygen atoms in total. The molecule has 0 bridgehead atoms. The molecular formula is C10H9BrFNO2. The second-order valence-electron chi connectivity index (χ2n) is 3.63. The lowest BCUT2D eigenvalue weighted by Crippen LogP contribution is -2.00. The Balaban J connectivity index is 2.52. The van der Waals surface area contributed by atoms with Crippen molar-refractivity contribution in [1.29, 1.82) is 0 Å². The highest BCUT2D eigenvalue weighted by Crippen LogP contribution is 2.43. The molecule has 1 aromatic rings. The van der Waals surface area contributed by atoms with E-state index >= 15 is 0 Å². The van der Waals surface area contributed by atoms with E-state index in [1.807, 2.05) is 0 Å². The number of benzene rings is 1. The lowest BCUT2D eigenvalue weighted by Gasteiger charge is -2.05. The summed E-state index contributed by atoms with van der Waals surface area (Å²) in [6.45, 7) is 0. The summed E-state index contributed by atoms with van der Waals surface area (Å²) in [5, 5.41) is 10.8. The van der Waals surface area contributed by atoms with E-state index in [0.29, 0.717) is 5.56 Å². The summed E-state index contributed by atoms with van der Waals surface area (Å²) in [4.78, 5) is 10.1. The van der Waals surface area contributed by atoms with Gasteiger partial charge < -0.3 is 0 Å². The van der Waals surface area contributed by atoms with Crippen molar-refractivity contribution in [3.8, 4) is 0 Å². The molecule has 15 heavy (non-hydrogen) atoms. The first-order valence-electron chi connectivity index (χ1n) is 4.66. The van der Waals surface area contributed by atoms with Gasteiger partial charge in [0.05, 0.1) is 10.5 Å². The Hall–Kier alpha value is -0.970. The van der Waals surface area contributed by atoms with E-state index < -0.39 is 10.7 Å². The van der Waals surface area contributed by atoms with Gasteiger partial charge in [-0.15, -0.1) is 0 Å². The third-order valence-electron chi connectivity index (χ3n) is 2.60. The van der Waals surface area contributed by atoms with Crippen LogP contribution in [0.25, 0.3) is 0 Å². The van der Waals surface area contributed by atoms with Crippen molar-refractivity contribution in [2.24, 2.45) is 0 Å². The zero-order chi connectivity index (χ0) is 11.0. The smallest absolute Gasteiger partial charge is 0.258 e. The minimum Gasteiger partial charge on any atom is -0.258 e. The highest BCUT2D eigenvalue weighted by Gasteiger charge is 2.30. The zero-order valence-corrected chi connectivity index (χ0v) is 9.46. The second-order valence-corrected chi connectivity index (χ2v) is 4.19. The van der Waals surface area contributed by atoms with Crippen LogP contribution in [-0.2, 0) is 5.33 Å². The van der Waals surface area contributed by atoms with Crippen LogP contribution in [0.15, 0.2) is 12.1 Å². The minimum atomic E-state index is -0.545. The molecule has 0 radical (unpaired) electrons. The molecule has 5 heteroatoms. The summed E-state index contributed by atoms with van der Waals surface area (Å²) in [6.07, 6.45) is 1.97. The molecule has 0 spiro atoms. The number of hydrogen-bond donors (Lipinski definition) is 0. The third kappa shape index (κ3) is 1.88. The monoisotopic (exact) mass is 273 g/mol. The van der Waals surface area contributed by atoms with Crippen LogP contribution < -0.4 is 0 Å². The summed E-state index contributed by atoms with van der Waals surface area (Å²) in [5.74, 6) is -0.146. The maximum absolute atomic E-state index is 13.9. The number of nitro groups is 1. The largest absolute Gasteiger partial charge is 0.276 e. The molecular weight excluding hydrogens is 265 g/mol. The van der Waals surface area contributed by atoms with E-state index in [9.17, 15) is 14.5 Å². The van der Waals surface area contributed by atoms with Gasteiger partial charge in [0.2, 0.25) is 0 Å². The van der Waals surface area contributed by atoms with Gasteiger partial charge in [-0.3, -0.25) is 10.1 Å². The van der Waals surface area contributed by atoms with Crippen molar-refractivity contribution >= 4 is 21.6 Å². The van der Waals surface area contributed by atoms with Crippen molar-refractivity contribution in [2.45, 2.75) is 24.1 Å². The Kier molecular flexibility index (Phi) is 2.73. The van der Waals surface area contributed by atoms with Gasteiger partial charge in [0.25, 0.3) is 5.69 Å². The summed E-state index contributed by atoms with van der Waals surface area (Å²) in [6, 6.07) is 2.94. The van der Waals surface area contributed by atoms with Crippen LogP contribution >= 0.6 is 15.9 Å². The van der Waals surface area contributed by atoms with Crippen LogP contribution in [0.3, 0.4) is 0 Å². The number of hydrogen-bond acceptors (Lipinski definition) is 2. The fourth-order valence-corrected chi connectivity index (χ4v) is 2.17. The second kappa shape index (κ2) is 3.89. The molecule has 1 saturated carbocycles. The van der Waals surface area contributed by atoms with Gasteiger partial charge in [0, 0.05) is 11.4 Å². The lowest BCUT2D eigenvalue weighted by molar-refractivity contribution is -0.385. The first-order chi connectivity index (χ1) is 7.15. The molecule has 0 aromatic heterocycles. The topological polar surface area (TPSA) is 43.1 Å². The average molecular weight is 274 g/mol. The number of alkyl halides is 1. The summed E-state index contributed by atoms with van der Waals surface area (Å²) < 4.78 is 13.9. The minimum absolute atomic E-state index is 0.145. The van der Waals surface area contributed by atoms with Crippen molar-refractivity contribution < 1.29 is 9.31 Å². The normalized spacial score (nSPS) is 15.3. The Morgan fingerprint density at radius 3 is 2.67 bits per heavy atom. The number of halogens is 2. The molecule has 1 aliphatic rings. The summed E-state index contributed by atoms with van der Waals surface area (Å²) >= 11 is 3.09. The van der Waals surface area contributed by atoms with Crippen LogP contribution in [0.4, 0.5) is 10.1 Å². The lowest BCUT2D eigenvalue weighted by atomic mass is 10.1. The highest BCUT2D eigenvalue weighted by atomic mass is 79.9. The number of nitrogens with zero attached hydrogens (tertiary/aromatic N) is 1. The van der Waals surface area contributed by atoms with E-state index in [1.54, 1.807) is 0 Å². The van der Waals surface area contributed by atoms with E-state index in [0.717, 1.165) is 12.8 Å². The van der Waals surface area contributed by atoms with E-state index in [4.69, 9.17) is 0 Å². The van der Waals surface area contributed by atoms with Gasteiger partial charge >= 0.3 is 0 Å². The van der Waals surface area contributed by atoms with Crippen molar-refractivity contribution in [1.82, 2.24) is 0 Å². The Bertz CT molecular complexity index is 418. The molecule has 0 heterocycles. The first kappa shape index (κ1) is 10.5. The van der Waals surface area contributed by atoms with E-state index in [1.165, 1.54) is 12.1 Å². The van der Waals surface area contributed by atoms with Gasteiger partial charge in [-0.2, -0.15) is 0 Å². The molecule has 1 fully saturated rings. The molecule has 0 amide bonds. The predicted molar refractivity (Wildman–Crippen MR) is 57.7 cm³/mol. The van der Waals surface area contributed by atoms with Gasteiger partial charge in [-0.05, 0) is 30.4 Å². The summed E-state index contributed by atoms with van der Waals surface area (Å²) in [5.41, 5.74) is 0.633. The molecule has 0 aliphatic heterocycles. The standard InChI is InChI=1S/C10H9BrFNO2/c11-5-8-9(13(14)15)4-3-7(10(8)12)6-1-2-6/h3-4,6H,1-2,5H2. The molecule has 2 rings (SSSR count). The van der Waals surface area contributed by atoms with E-state index in [-0.39, 0.29) is 22.5 Å².